The first-order valence-electron chi connectivity index (χ1n) is 8.30. The Morgan fingerprint density at radius 1 is 1.13 bits per heavy atom. The first kappa shape index (κ1) is 16.2. The van der Waals surface area contributed by atoms with E-state index in [1.807, 2.05) is 24.0 Å². The number of carbonyl (C=O) groups is 1. The molecule has 3 rings (SSSR count). The van der Waals surface area contributed by atoms with E-state index in [1.54, 1.807) is 6.20 Å². The molecule has 1 amide bonds. The maximum Gasteiger partial charge on any atom is 0.255 e. The zero-order valence-corrected chi connectivity index (χ0v) is 14.1. The van der Waals surface area contributed by atoms with Gasteiger partial charge in [-0.2, -0.15) is 0 Å². The van der Waals surface area contributed by atoms with Gasteiger partial charge in [-0.15, -0.1) is 0 Å². The molecule has 1 aromatic heterocycles. The Balaban J connectivity index is 1.68. The average molecular weight is 319 g/mol. The van der Waals surface area contributed by atoms with Crippen molar-refractivity contribution in [1.29, 1.82) is 0 Å². The molecule has 2 aliphatic heterocycles. The molecule has 2 saturated heterocycles. The van der Waals surface area contributed by atoms with E-state index >= 15 is 0 Å². The lowest BCUT2D eigenvalue weighted by molar-refractivity contribution is -0.0124. The van der Waals surface area contributed by atoms with Crippen LogP contribution in [0.25, 0.3) is 0 Å². The minimum Gasteiger partial charge on any atom is -0.375 e. The number of hydrogen-bond acceptors (Lipinski definition) is 5. The summed E-state index contributed by atoms with van der Waals surface area (Å²) in [6, 6.07) is 3.80. The van der Waals surface area contributed by atoms with Crippen LogP contribution in [-0.2, 0) is 9.47 Å². The monoisotopic (exact) mass is 319 g/mol. The summed E-state index contributed by atoms with van der Waals surface area (Å²) in [6.07, 6.45) is 2.16. The molecule has 23 heavy (non-hydrogen) atoms. The predicted octanol–water partition coefficient (Wildman–Crippen LogP) is 1.56. The topological polar surface area (TPSA) is 54.9 Å². The van der Waals surface area contributed by atoms with Crippen LogP contribution in [0.5, 0.6) is 0 Å². The van der Waals surface area contributed by atoms with Crippen LogP contribution in [0.15, 0.2) is 18.3 Å². The van der Waals surface area contributed by atoms with E-state index in [4.69, 9.17) is 9.47 Å². The van der Waals surface area contributed by atoms with E-state index in [2.05, 4.69) is 23.7 Å². The zero-order chi connectivity index (χ0) is 16.4. The second-order valence-electron chi connectivity index (χ2n) is 6.50. The van der Waals surface area contributed by atoms with Gasteiger partial charge in [-0.05, 0) is 32.9 Å². The molecule has 3 heterocycles. The Kier molecular flexibility index (Phi) is 4.82. The van der Waals surface area contributed by atoms with Gasteiger partial charge in [-0.1, -0.05) is 0 Å². The lowest BCUT2D eigenvalue weighted by atomic mass is 10.2. The van der Waals surface area contributed by atoms with Gasteiger partial charge in [-0.3, -0.25) is 4.79 Å². The summed E-state index contributed by atoms with van der Waals surface area (Å²) < 4.78 is 11.2. The van der Waals surface area contributed by atoms with Gasteiger partial charge in [0.2, 0.25) is 0 Å². The lowest BCUT2D eigenvalue weighted by Crippen LogP contribution is -2.46. The summed E-state index contributed by atoms with van der Waals surface area (Å²) in [7, 11) is 0. The average Bonchev–Trinajstić information content (AvgIpc) is 2.53. The molecule has 126 valence electrons. The molecule has 6 heteroatoms. The molecule has 0 saturated carbocycles. The van der Waals surface area contributed by atoms with Gasteiger partial charge in [0, 0.05) is 32.4 Å². The molecular formula is C17H25N3O3. The third-order valence-electron chi connectivity index (χ3n) is 4.27. The number of ether oxygens (including phenoxy) is 2. The number of aromatic nitrogens is 1. The predicted molar refractivity (Wildman–Crippen MR) is 87.8 cm³/mol. The minimum atomic E-state index is 0.0305. The number of pyridine rings is 1. The molecule has 6 nitrogen and oxygen atoms in total. The van der Waals surface area contributed by atoms with Gasteiger partial charge < -0.3 is 19.3 Å². The molecule has 0 radical (unpaired) electrons. The first-order chi connectivity index (χ1) is 11.0. The maximum atomic E-state index is 12.5. The second-order valence-corrected chi connectivity index (χ2v) is 6.50. The minimum absolute atomic E-state index is 0.0305. The Morgan fingerprint density at radius 3 is 2.48 bits per heavy atom. The Labute approximate surface area is 137 Å². The van der Waals surface area contributed by atoms with Crippen molar-refractivity contribution in [2.24, 2.45) is 0 Å². The summed E-state index contributed by atoms with van der Waals surface area (Å²) in [5.74, 6) is 0.932. The highest BCUT2D eigenvalue weighted by Gasteiger charge is 2.25. The van der Waals surface area contributed by atoms with Crippen LogP contribution < -0.4 is 4.90 Å². The molecule has 2 aliphatic rings. The van der Waals surface area contributed by atoms with Crippen molar-refractivity contribution < 1.29 is 14.3 Å². The van der Waals surface area contributed by atoms with Crippen molar-refractivity contribution in [3.05, 3.63) is 23.9 Å². The van der Waals surface area contributed by atoms with Crippen molar-refractivity contribution in [2.45, 2.75) is 39.1 Å². The third-order valence-corrected chi connectivity index (χ3v) is 4.27. The van der Waals surface area contributed by atoms with E-state index in [1.165, 1.54) is 0 Å². The Morgan fingerprint density at radius 2 is 1.87 bits per heavy atom. The fourth-order valence-electron chi connectivity index (χ4n) is 3.25. The third kappa shape index (κ3) is 3.82. The van der Waals surface area contributed by atoms with E-state index in [9.17, 15) is 4.79 Å². The molecule has 1 aromatic rings. The highest BCUT2D eigenvalue weighted by Crippen LogP contribution is 2.19. The van der Waals surface area contributed by atoms with Crippen LogP contribution in [-0.4, -0.2) is 66.9 Å². The van der Waals surface area contributed by atoms with E-state index < -0.39 is 0 Å². The molecular weight excluding hydrogens is 294 g/mol. The van der Waals surface area contributed by atoms with E-state index in [-0.39, 0.29) is 24.2 Å². The molecule has 3 atom stereocenters. The number of morpholine rings is 2. The smallest absolute Gasteiger partial charge is 0.255 e. The van der Waals surface area contributed by atoms with Crippen molar-refractivity contribution in [1.82, 2.24) is 9.88 Å². The SMILES string of the molecule is CC1CN(C(=O)c2ccc(N3CC(C)OC(C)C3)nc2)CCO1. The van der Waals surface area contributed by atoms with Crippen molar-refractivity contribution in [2.75, 3.05) is 37.7 Å². The largest absolute Gasteiger partial charge is 0.375 e. The molecule has 0 aliphatic carbocycles. The van der Waals surface area contributed by atoms with Crippen LogP contribution in [0, 0.1) is 0 Å². The van der Waals surface area contributed by atoms with Crippen LogP contribution in [0.4, 0.5) is 5.82 Å². The number of rotatable bonds is 2. The molecule has 3 unspecified atom stereocenters. The second kappa shape index (κ2) is 6.84. The summed E-state index contributed by atoms with van der Waals surface area (Å²) in [5.41, 5.74) is 0.636. The van der Waals surface area contributed by atoms with Crippen LogP contribution in [0.2, 0.25) is 0 Å². The highest BCUT2D eigenvalue weighted by atomic mass is 16.5. The Bertz CT molecular complexity index is 539. The number of amides is 1. The highest BCUT2D eigenvalue weighted by molar-refractivity contribution is 5.94. The van der Waals surface area contributed by atoms with Gasteiger partial charge in [0.1, 0.15) is 5.82 Å². The fourth-order valence-corrected chi connectivity index (χ4v) is 3.25. The number of nitrogens with zero attached hydrogens (tertiary/aromatic N) is 3. The first-order valence-corrected chi connectivity index (χ1v) is 8.30. The van der Waals surface area contributed by atoms with Gasteiger partial charge >= 0.3 is 0 Å². The van der Waals surface area contributed by atoms with Crippen molar-refractivity contribution in [3.8, 4) is 0 Å². The van der Waals surface area contributed by atoms with Crippen LogP contribution >= 0.6 is 0 Å². The molecule has 0 N–H and O–H groups in total. The standard InChI is InChI=1S/C17H25N3O3/c1-12-9-19(6-7-22-12)17(21)15-4-5-16(18-8-15)20-10-13(2)23-14(3)11-20/h4-5,8,12-14H,6-7,9-11H2,1-3H3. The number of anilines is 1. The van der Waals surface area contributed by atoms with Gasteiger partial charge in [0.05, 0.1) is 30.5 Å². The molecule has 2 fully saturated rings. The van der Waals surface area contributed by atoms with E-state index in [0.29, 0.717) is 25.3 Å². The summed E-state index contributed by atoms with van der Waals surface area (Å²) in [6.45, 7) is 9.66. The van der Waals surface area contributed by atoms with Gasteiger partial charge in [-0.25, -0.2) is 4.98 Å². The summed E-state index contributed by atoms with van der Waals surface area (Å²) in [4.78, 5) is 21.1. The molecule has 0 aromatic carbocycles. The fraction of sp³-hybridized carbons (Fsp3) is 0.647. The van der Waals surface area contributed by atoms with Crippen molar-refractivity contribution >= 4 is 11.7 Å². The van der Waals surface area contributed by atoms with E-state index in [0.717, 1.165) is 18.9 Å². The van der Waals surface area contributed by atoms with Gasteiger partial charge in [0.15, 0.2) is 0 Å². The number of carbonyl (C=O) groups excluding carboxylic acids is 1. The summed E-state index contributed by atoms with van der Waals surface area (Å²) >= 11 is 0. The normalized spacial score (nSPS) is 28.7. The zero-order valence-electron chi connectivity index (χ0n) is 14.1. The number of hydrogen-bond donors (Lipinski definition) is 0. The van der Waals surface area contributed by atoms with Crippen LogP contribution in [0.3, 0.4) is 0 Å². The lowest BCUT2D eigenvalue weighted by Gasteiger charge is -2.36. The molecule has 0 bridgehead atoms. The summed E-state index contributed by atoms with van der Waals surface area (Å²) in [5, 5.41) is 0. The Hall–Kier alpha value is -1.66. The van der Waals surface area contributed by atoms with Crippen molar-refractivity contribution in [3.63, 3.8) is 0 Å². The van der Waals surface area contributed by atoms with Crippen LogP contribution in [0.1, 0.15) is 31.1 Å². The maximum absolute atomic E-state index is 12.5. The molecule has 0 spiro atoms. The quantitative estimate of drug-likeness (QED) is 0.828. The van der Waals surface area contributed by atoms with Gasteiger partial charge in [0.25, 0.3) is 5.91 Å².